The van der Waals surface area contributed by atoms with Crippen LogP contribution in [0, 0.1) is 5.92 Å². The molecule has 3 rings (SSSR count). The Balaban J connectivity index is 1.90. The fourth-order valence-electron chi connectivity index (χ4n) is 4.71. The summed E-state index contributed by atoms with van der Waals surface area (Å²) in [5.74, 6) is 0.241. The molecule has 1 N–H and O–H groups in total. The molecular formula is C33H41Cl2N3O5S. The second kappa shape index (κ2) is 16.7. The Hall–Kier alpha value is -3.27. The molecular weight excluding hydrogens is 621 g/mol. The van der Waals surface area contributed by atoms with Crippen LogP contribution in [0.3, 0.4) is 0 Å². The van der Waals surface area contributed by atoms with E-state index in [-0.39, 0.29) is 50.1 Å². The van der Waals surface area contributed by atoms with Crippen LogP contribution in [0.15, 0.2) is 72.8 Å². The number of benzene rings is 3. The maximum absolute atomic E-state index is 14.0. The molecule has 0 fully saturated rings. The first-order chi connectivity index (χ1) is 20.9. The molecule has 0 bridgehead atoms. The molecule has 1 unspecified atom stereocenters. The van der Waals surface area contributed by atoms with E-state index in [1.165, 1.54) is 9.21 Å². The summed E-state index contributed by atoms with van der Waals surface area (Å²) >= 11 is 13.0. The first-order valence-electron chi connectivity index (χ1n) is 14.6. The average molecular weight is 663 g/mol. The third-order valence-corrected chi connectivity index (χ3v) is 8.84. The van der Waals surface area contributed by atoms with Gasteiger partial charge in [-0.3, -0.25) is 13.9 Å². The Labute approximate surface area is 271 Å². The largest absolute Gasteiger partial charge is 0.494 e. The highest BCUT2D eigenvalue weighted by Gasteiger charge is 2.31. The fourth-order valence-corrected chi connectivity index (χ4v) is 6.19. The number of halogens is 2. The van der Waals surface area contributed by atoms with Crippen LogP contribution in [0.4, 0.5) is 5.69 Å². The van der Waals surface area contributed by atoms with Gasteiger partial charge < -0.3 is 15.0 Å². The first kappa shape index (κ1) is 35.2. The van der Waals surface area contributed by atoms with Crippen LogP contribution in [0.2, 0.25) is 10.0 Å². The summed E-state index contributed by atoms with van der Waals surface area (Å²) in [7, 11) is -3.64. The number of rotatable bonds is 16. The van der Waals surface area contributed by atoms with Gasteiger partial charge in [-0.25, -0.2) is 8.42 Å². The van der Waals surface area contributed by atoms with Crippen molar-refractivity contribution in [1.82, 2.24) is 10.2 Å². The molecule has 3 aromatic rings. The molecule has 3 aromatic carbocycles. The molecule has 0 aliphatic carbocycles. The van der Waals surface area contributed by atoms with Crippen molar-refractivity contribution >= 4 is 50.7 Å². The zero-order chi connectivity index (χ0) is 32.3. The molecule has 0 radical (unpaired) electrons. The smallest absolute Gasteiger partial charge is 0.243 e. The Morgan fingerprint density at radius 1 is 0.932 bits per heavy atom. The third-order valence-electron chi connectivity index (χ3n) is 6.93. The molecule has 0 aromatic heterocycles. The highest BCUT2D eigenvalue weighted by Crippen LogP contribution is 2.28. The van der Waals surface area contributed by atoms with Crippen molar-refractivity contribution in [3.63, 3.8) is 0 Å². The van der Waals surface area contributed by atoms with Crippen molar-refractivity contribution in [2.75, 3.05) is 30.3 Å². The predicted molar refractivity (Wildman–Crippen MR) is 178 cm³/mol. The molecule has 238 valence electrons. The van der Waals surface area contributed by atoms with E-state index in [1.807, 2.05) is 51.1 Å². The molecule has 1 atom stereocenters. The first-order valence-corrected chi connectivity index (χ1v) is 17.3. The fraction of sp³-hybridized carbons (Fsp3) is 0.394. The van der Waals surface area contributed by atoms with E-state index in [1.54, 1.807) is 42.5 Å². The molecule has 0 spiro atoms. The maximum atomic E-state index is 14.0. The standard InChI is InChI=1S/C33H41Cl2N3O5S/c1-5-43-27-18-16-26(17-19-27)38(44(4,41)42)20-10-15-32(39)37(23-28-29(34)13-9-14-30(28)35)31(33(40)36-22-24(2)3)21-25-11-7-6-8-12-25/h6-9,11-14,16-19,24,31H,5,10,15,20-23H2,1-4H3,(H,36,40). The molecule has 0 aliphatic rings. The van der Waals surface area contributed by atoms with E-state index in [0.717, 1.165) is 11.8 Å². The van der Waals surface area contributed by atoms with Gasteiger partial charge in [0.1, 0.15) is 11.8 Å². The van der Waals surface area contributed by atoms with Gasteiger partial charge in [-0.15, -0.1) is 0 Å². The minimum Gasteiger partial charge on any atom is -0.494 e. The van der Waals surface area contributed by atoms with Crippen LogP contribution in [0.25, 0.3) is 0 Å². The van der Waals surface area contributed by atoms with Crippen LogP contribution in [0.1, 0.15) is 44.7 Å². The van der Waals surface area contributed by atoms with Crippen LogP contribution in [-0.2, 0) is 32.6 Å². The predicted octanol–water partition coefficient (Wildman–Crippen LogP) is 6.35. The zero-order valence-corrected chi connectivity index (χ0v) is 28.0. The van der Waals surface area contributed by atoms with E-state index in [9.17, 15) is 18.0 Å². The Kier molecular flexibility index (Phi) is 13.4. The summed E-state index contributed by atoms with van der Waals surface area (Å²) in [5, 5.41) is 3.75. The molecule has 0 saturated heterocycles. The average Bonchev–Trinajstić information content (AvgIpc) is 2.97. The lowest BCUT2D eigenvalue weighted by molar-refractivity contribution is -0.141. The maximum Gasteiger partial charge on any atom is 0.243 e. The number of carbonyl (C=O) groups excluding carboxylic acids is 2. The molecule has 0 heterocycles. The van der Waals surface area contributed by atoms with Crippen molar-refractivity contribution in [2.24, 2.45) is 5.92 Å². The number of ether oxygens (including phenoxy) is 1. The SMILES string of the molecule is CCOc1ccc(N(CCCC(=O)N(Cc2c(Cl)cccc2Cl)C(Cc2ccccc2)C(=O)NCC(C)C)S(C)(=O)=O)cc1. The number of hydrogen-bond donors (Lipinski definition) is 1. The number of nitrogens with one attached hydrogen (secondary N) is 1. The highest BCUT2D eigenvalue weighted by molar-refractivity contribution is 7.92. The monoisotopic (exact) mass is 661 g/mol. The quantitative estimate of drug-likeness (QED) is 0.193. The number of carbonyl (C=O) groups is 2. The van der Waals surface area contributed by atoms with E-state index in [4.69, 9.17) is 27.9 Å². The van der Waals surface area contributed by atoms with E-state index in [2.05, 4.69) is 5.32 Å². The Bertz CT molecular complexity index is 1460. The summed E-state index contributed by atoms with van der Waals surface area (Å²) < 4.78 is 32.2. The molecule has 44 heavy (non-hydrogen) atoms. The summed E-state index contributed by atoms with van der Waals surface area (Å²) in [4.78, 5) is 29.2. The van der Waals surface area contributed by atoms with Crippen LogP contribution >= 0.6 is 23.2 Å². The van der Waals surface area contributed by atoms with Crippen molar-refractivity contribution in [1.29, 1.82) is 0 Å². The van der Waals surface area contributed by atoms with Crippen molar-refractivity contribution in [2.45, 2.75) is 52.6 Å². The van der Waals surface area contributed by atoms with Crippen molar-refractivity contribution in [3.05, 3.63) is 94.0 Å². The number of hydrogen-bond acceptors (Lipinski definition) is 5. The molecule has 2 amide bonds. The summed E-state index contributed by atoms with van der Waals surface area (Å²) in [6.07, 6.45) is 1.62. The van der Waals surface area contributed by atoms with Gasteiger partial charge in [-0.1, -0.05) is 73.4 Å². The van der Waals surface area contributed by atoms with Crippen LogP contribution in [0.5, 0.6) is 5.75 Å². The topological polar surface area (TPSA) is 96.0 Å². The van der Waals surface area contributed by atoms with E-state index >= 15 is 0 Å². The van der Waals surface area contributed by atoms with Gasteiger partial charge in [0.05, 0.1) is 18.6 Å². The van der Waals surface area contributed by atoms with Crippen LogP contribution < -0.4 is 14.4 Å². The van der Waals surface area contributed by atoms with Crippen molar-refractivity contribution < 1.29 is 22.7 Å². The lowest BCUT2D eigenvalue weighted by atomic mass is 10.0. The third kappa shape index (κ3) is 10.4. The molecule has 0 aliphatic heterocycles. The lowest BCUT2D eigenvalue weighted by Gasteiger charge is -2.32. The minimum absolute atomic E-state index is 0.00608. The van der Waals surface area contributed by atoms with Gasteiger partial charge in [0.2, 0.25) is 21.8 Å². The van der Waals surface area contributed by atoms with Gasteiger partial charge in [-0.05, 0) is 61.2 Å². The van der Waals surface area contributed by atoms with Gasteiger partial charge in [0, 0.05) is 48.1 Å². The summed E-state index contributed by atoms with van der Waals surface area (Å²) in [6, 6.07) is 20.5. The minimum atomic E-state index is -3.64. The Morgan fingerprint density at radius 3 is 2.14 bits per heavy atom. The number of amides is 2. The van der Waals surface area contributed by atoms with Crippen molar-refractivity contribution in [3.8, 4) is 5.75 Å². The lowest BCUT2D eigenvalue weighted by Crippen LogP contribution is -2.51. The van der Waals surface area contributed by atoms with Gasteiger partial charge in [-0.2, -0.15) is 0 Å². The van der Waals surface area contributed by atoms with E-state index in [0.29, 0.717) is 40.2 Å². The normalized spacial score (nSPS) is 12.1. The van der Waals surface area contributed by atoms with Gasteiger partial charge in [0.15, 0.2) is 0 Å². The van der Waals surface area contributed by atoms with Crippen LogP contribution in [-0.4, -0.2) is 57.1 Å². The summed E-state index contributed by atoms with van der Waals surface area (Å²) in [5.41, 5.74) is 1.89. The number of sulfonamides is 1. The van der Waals surface area contributed by atoms with Gasteiger partial charge >= 0.3 is 0 Å². The number of anilines is 1. The number of nitrogens with zero attached hydrogens (tertiary/aromatic N) is 2. The molecule has 11 heteroatoms. The highest BCUT2D eigenvalue weighted by atomic mass is 35.5. The summed E-state index contributed by atoms with van der Waals surface area (Å²) in [6.45, 7) is 6.89. The second-order valence-corrected chi connectivity index (χ2v) is 13.7. The van der Waals surface area contributed by atoms with Gasteiger partial charge in [0.25, 0.3) is 0 Å². The Morgan fingerprint density at radius 2 is 1.57 bits per heavy atom. The van der Waals surface area contributed by atoms with E-state index < -0.39 is 16.1 Å². The molecule has 8 nitrogen and oxygen atoms in total. The second-order valence-electron chi connectivity index (χ2n) is 10.9. The zero-order valence-electron chi connectivity index (χ0n) is 25.6. The molecule has 0 saturated carbocycles.